The van der Waals surface area contributed by atoms with Gasteiger partial charge in [-0.05, 0) is 19.3 Å². The maximum atomic E-state index is 12.0. The minimum absolute atomic E-state index is 0.0479. The van der Waals surface area contributed by atoms with E-state index in [9.17, 15) is 14.4 Å². The number of rotatable bonds is 3. The van der Waals surface area contributed by atoms with Crippen LogP contribution in [-0.2, 0) is 14.4 Å². The standard InChI is InChI=1S/C13H20N2O3/c1-8(15-10(16)6-7-11(15)17)12(18)14-9(2)13(3,4)5/h6-9H,1-5H3,(H,14,18). The number of hydrogen-bond acceptors (Lipinski definition) is 3. The summed E-state index contributed by atoms with van der Waals surface area (Å²) < 4.78 is 0. The van der Waals surface area contributed by atoms with E-state index >= 15 is 0 Å². The molecule has 0 aromatic carbocycles. The Morgan fingerprint density at radius 3 is 2.00 bits per heavy atom. The molecule has 0 saturated carbocycles. The van der Waals surface area contributed by atoms with Crippen molar-refractivity contribution in [2.75, 3.05) is 0 Å². The van der Waals surface area contributed by atoms with E-state index in [0.717, 1.165) is 4.90 Å². The summed E-state index contributed by atoms with van der Waals surface area (Å²) in [6, 6.07) is -0.835. The van der Waals surface area contributed by atoms with Crippen LogP contribution >= 0.6 is 0 Å². The van der Waals surface area contributed by atoms with Gasteiger partial charge in [0.25, 0.3) is 11.8 Å². The molecule has 1 heterocycles. The molecule has 1 aliphatic heterocycles. The number of imide groups is 1. The molecule has 0 aliphatic carbocycles. The van der Waals surface area contributed by atoms with Crippen LogP contribution in [0.5, 0.6) is 0 Å². The molecule has 5 nitrogen and oxygen atoms in total. The van der Waals surface area contributed by atoms with Crippen molar-refractivity contribution in [3.63, 3.8) is 0 Å². The molecule has 0 radical (unpaired) electrons. The molecule has 0 bridgehead atoms. The minimum atomic E-state index is -0.787. The fraction of sp³-hybridized carbons (Fsp3) is 0.615. The quantitative estimate of drug-likeness (QED) is 0.757. The summed E-state index contributed by atoms with van der Waals surface area (Å²) in [5.74, 6) is -1.19. The highest BCUT2D eigenvalue weighted by atomic mass is 16.2. The van der Waals surface area contributed by atoms with Crippen LogP contribution in [0.15, 0.2) is 12.2 Å². The Kier molecular flexibility index (Phi) is 3.94. The van der Waals surface area contributed by atoms with Gasteiger partial charge < -0.3 is 5.32 Å². The Morgan fingerprint density at radius 2 is 1.61 bits per heavy atom. The van der Waals surface area contributed by atoms with Crippen molar-refractivity contribution in [2.45, 2.75) is 46.7 Å². The number of carbonyl (C=O) groups is 3. The summed E-state index contributed by atoms with van der Waals surface area (Å²) >= 11 is 0. The summed E-state index contributed by atoms with van der Waals surface area (Å²) in [6.45, 7) is 9.48. The van der Waals surface area contributed by atoms with Gasteiger partial charge in [-0.2, -0.15) is 0 Å². The van der Waals surface area contributed by atoms with Crippen molar-refractivity contribution in [1.82, 2.24) is 10.2 Å². The van der Waals surface area contributed by atoms with Crippen molar-refractivity contribution in [1.29, 1.82) is 0 Å². The van der Waals surface area contributed by atoms with E-state index < -0.39 is 17.9 Å². The minimum Gasteiger partial charge on any atom is -0.351 e. The molecule has 0 fully saturated rings. The highest BCUT2D eigenvalue weighted by Gasteiger charge is 2.34. The third-order valence-electron chi connectivity index (χ3n) is 3.27. The summed E-state index contributed by atoms with van der Waals surface area (Å²) in [5.41, 5.74) is -0.0767. The van der Waals surface area contributed by atoms with Gasteiger partial charge in [0.1, 0.15) is 6.04 Å². The van der Waals surface area contributed by atoms with Crippen LogP contribution in [0.25, 0.3) is 0 Å². The third kappa shape index (κ3) is 2.97. The molecule has 2 atom stereocenters. The van der Waals surface area contributed by atoms with E-state index in [1.807, 2.05) is 27.7 Å². The van der Waals surface area contributed by atoms with Crippen LogP contribution in [0, 0.1) is 5.41 Å². The summed E-state index contributed by atoms with van der Waals surface area (Å²) in [7, 11) is 0. The third-order valence-corrected chi connectivity index (χ3v) is 3.27. The summed E-state index contributed by atoms with van der Waals surface area (Å²) in [6.07, 6.45) is 2.36. The van der Waals surface area contributed by atoms with Crippen LogP contribution in [0.4, 0.5) is 0 Å². The lowest BCUT2D eigenvalue weighted by Crippen LogP contribution is -2.52. The maximum absolute atomic E-state index is 12.0. The van der Waals surface area contributed by atoms with Gasteiger partial charge in [0.05, 0.1) is 0 Å². The fourth-order valence-electron chi connectivity index (χ4n) is 1.46. The molecule has 1 N–H and O–H groups in total. The molecule has 0 saturated heterocycles. The normalized spacial score (nSPS) is 19.1. The summed E-state index contributed by atoms with van der Waals surface area (Å²) in [4.78, 5) is 35.9. The number of hydrogen-bond donors (Lipinski definition) is 1. The largest absolute Gasteiger partial charge is 0.351 e. The molecule has 5 heteroatoms. The Hall–Kier alpha value is -1.65. The van der Waals surface area contributed by atoms with Crippen LogP contribution in [0.2, 0.25) is 0 Å². The highest BCUT2D eigenvalue weighted by molar-refractivity contribution is 6.15. The molecule has 0 aromatic rings. The molecule has 1 rings (SSSR count). The topological polar surface area (TPSA) is 66.5 Å². The van der Waals surface area contributed by atoms with Gasteiger partial charge in [0.15, 0.2) is 0 Å². The lowest BCUT2D eigenvalue weighted by molar-refractivity contribution is -0.145. The van der Waals surface area contributed by atoms with Gasteiger partial charge in [-0.3, -0.25) is 19.3 Å². The van der Waals surface area contributed by atoms with Gasteiger partial charge in [-0.15, -0.1) is 0 Å². The predicted octanol–water partition coefficient (Wildman–Crippen LogP) is 0.851. The van der Waals surface area contributed by atoms with Gasteiger partial charge >= 0.3 is 0 Å². The Labute approximate surface area is 107 Å². The van der Waals surface area contributed by atoms with E-state index in [1.165, 1.54) is 12.2 Å². The smallest absolute Gasteiger partial charge is 0.254 e. The highest BCUT2D eigenvalue weighted by Crippen LogP contribution is 2.19. The lowest BCUT2D eigenvalue weighted by Gasteiger charge is -2.30. The van der Waals surface area contributed by atoms with E-state index in [1.54, 1.807) is 6.92 Å². The Balaban J connectivity index is 2.68. The molecule has 100 valence electrons. The van der Waals surface area contributed by atoms with Gasteiger partial charge in [0, 0.05) is 18.2 Å². The first-order valence-corrected chi connectivity index (χ1v) is 6.00. The van der Waals surface area contributed by atoms with Crippen molar-refractivity contribution in [2.24, 2.45) is 5.41 Å². The van der Waals surface area contributed by atoms with Gasteiger partial charge in [-0.1, -0.05) is 20.8 Å². The Morgan fingerprint density at radius 1 is 1.17 bits per heavy atom. The molecule has 0 aromatic heterocycles. The van der Waals surface area contributed by atoms with E-state index in [4.69, 9.17) is 0 Å². The molecule has 1 aliphatic rings. The second-order valence-electron chi connectivity index (χ2n) is 5.65. The number of nitrogens with zero attached hydrogens (tertiary/aromatic N) is 1. The molecule has 0 spiro atoms. The average Bonchev–Trinajstić information content (AvgIpc) is 2.56. The van der Waals surface area contributed by atoms with Crippen molar-refractivity contribution in [3.05, 3.63) is 12.2 Å². The monoisotopic (exact) mass is 252 g/mol. The van der Waals surface area contributed by atoms with Crippen molar-refractivity contribution in [3.8, 4) is 0 Å². The zero-order chi connectivity index (χ0) is 14.1. The first kappa shape index (κ1) is 14.4. The fourth-order valence-corrected chi connectivity index (χ4v) is 1.46. The lowest BCUT2D eigenvalue weighted by atomic mass is 9.88. The second-order valence-corrected chi connectivity index (χ2v) is 5.65. The predicted molar refractivity (Wildman–Crippen MR) is 67.5 cm³/mol. The van der Waals surface area contributed by atoms with Crippen molar-refractivity contribution < 1.29 is 14.4 Å². The molecule has 2 unspecified atom stereocenters. The maximum Gasteiger partial charge on any atom is 0.254 e. The first-order valence-electron chi connectivity index (χ1n) is 6.00. The van der Waals surface area contributed by atoms with Crippen LogP contribution in [0.3, 0.4) is 0 Å². The van der Waals surface area contributed by atoms with Crippen LogP contribution < -0.4 is 5.32 Å². The molecular weight excluding hydrogens is 232 g/mol. The molecule has 18 heavy (non-hydrogen) atoms. The van der Waals surface area contributed by atoms with Crippen LogP contribution in [-0.4, -0.2) is 34.7 Å². The Bertz CT molecular complexity index is 389. The number of nitrogens with one attached hydrogen (secondary N) is 1. The van der Waals surface area contributed by atoms with Crippen molar-refractivity contribution >= 4 is 17.7 Å². The van der Waals surface area contributed by atoms with Gasteiger partial charge in [0.2, 0.25) is 5.91 Å². The SMILES string of the molecule is CC(C(=O)NC(C)C(C)(C)C)N1C(=O)C=CC1=O. The molecular formula is C13H20N2O3. The average molecular weight is 252 g/mol. The van der Waals surface area contributed by atoms with E-state index in [0.29, 0.717) is 0 Å². The van der Waals surface area contributed by atoms with E-state index in [2.05, 4.69) is 5.32 Å². The van der Waals surface area contributed by atoms with Crippen LogP contribution in [0.1, 0.15) is 34.6 Å². The van der Waals surface area contributed by atoms with Gasteiger partial charge in [-0.25, -0.2) is 0 Å². The first-order chi connectivity index (χ1) is 8.14. The second kappa shape index (κ2) is 4.92. The molecule has 3 amide bonds. The zero-order valence-corrected chi connectivity index (χ0v) is 11.5. The number of carbonyl (C=O) groups excluding carboxylic acids is 3. The zero-order valence-electron chi connectivity index (χ0n) is 11.5. The summed E-state index contributed by atoms with van der Waals surface area (Å²) in [5, 5.41) is 2.82. The van der Waals surface area contributed by atoms with E-state index in [-0.39, 0.29) is 17.4 Å². The number of amides is 3.